The minimum Gasteiger partial charge on any atom is -0.379 e. The van der Waals surface area contributed by atoms with Gasteiger partial charge in [-0.05, 0) is 31.0 Å². The Kier molecular flexibility index (Phi) is 5.11. The highest BCUT2D eigenvalue weighted by atomic mass is 35.5. The number of fused-ring (bicyclic) bond motifs is 1. The molecule has 9 heteroatoms. The van der Waals surface area contributed by atoms with E-state index in [0.29, 0.717) is 50.1 Å². The second kappa shape index (κ2) is 7.36. The molecule has 0 aliphatic carbocycles. The minimum atomic E-state index is -3.39. The van der Waals surface area contributed by atoms with Gasteiger partial charge >= 0.3 is 0 Å². The molecule has 26 heavy (non-hydrogen) atoms. The van der Waals surface area contributed by atoms with Gasteiger partial charge in [0.1, 0.15) is 0 Å². The Hall–Kier alpha value is -1.32. The zero-order chi connectivity index (χ0) is 18.1. The summed E-state index contributed by atoms with van der Waals surface area (Å²) in [5.41, 5.74) is 1.64. The predicted octanol–water partition coefficient (Wildman–Crippen LogP) is 2.04. The van der Waals surface area contributed by atoms with Gasteiger partial charge in [-0.1, -0.05) is 11.6 Å². The highest BCUT2D eigenvalue weighted by molar-refractivity contribution is 7.86. The van der Waals surface area contributed by atoms with Crippen LogP contribution in [0.15, 0.2) is 24.4 Å². The van der Waals surface area contributed by atoms with Gasteiger partial charge in [-0.15, -0.1) is 0 Å². The first-order valence-electron chi connectivity index (χ1n) is 8.79. The molecule has 2 fully saturated rings. The highest BCUT2D eigenvalue weighted by Gasteiger charge is 2.34. The van der Waals surface area contributed by atoms with E-state index < -0.39 is 10.2 Å². The lowest BCUT2D eigenvalue weighted by Gasteiger charge is -2.36. The molecule has 0 bridgehead atoms. The summed E-state index contributed by atoms with van der Waals surface area (Å²) in [4.78, 5) is 8.94. The van der Waals surface area contributed by atoms with Gasteiger partial charge in [0.05, 0.1) is 18.2 Å². The van der Waals surface area contributed by atoms with Gasteiger partial charge in [0.2, 0.25) is 0 Å². The van der Waals surface area contributed by atoms with Gasteiger partial charge in [0, 0.05) is 49.4 Å². The fourth-order valence-electron chi connectivity index (χ4n) is 3.55. The number of morpholine rings is 1. The molecular weight excluding hydrogens is 376 g/mol. The number of piperidine rings is 1. The van der Waals surface area contributed by atoms with Gasteiger partial charge < -0.3 is 4.74 Å². The molecule has 0 aromatic carbocycles. The maximum atomic E-state index is 12.7. The topological polar surface area (TPSA) is 75.6 Å². The van der Waals surface area contributed by atoms with Crippen LogP contribution in [-0.2, 0) is 14.9 Å². The van der Waals surface area contributed by atoms with Crippen molar-refractivity contribution in [1.29, 1.82) is 0 Å². The normalized spacial score (nSPS) is 21.3. The number of aromatic nitrogens is 2. The third kappa shape index (κ3) is 3.57. The SMILES string of the molecule is O=S(=O)(N1CCOCC1)N1CCC(c2ccc3cc(Cl)cnc3n2)CC1. The summed E-state index contributed by atoms with van der Waals surface area (Å²) in [7, 11) is -3.39. The number of pyridine rings is 2. The van der Waals surface area contributed by atoms with Crippen molar-refractivity contribution in [3.8, 4) is 0 Å². The lowest BCUT2D eigenvalue weighted by atomic mass is 9.94. The van der Waals surface area contributed by atoms with E-state index in [9.17, 15) is 8.42 Å². The maximum absolute atomic E-state index is 12.7. The molecule has 0 atom stereocenters. The van der Waals surface area contributed by atoms with E-state index in [1.54, 1.807) is 10.5 Å². The van der Waals surface area contributed by atoms with E-state index in [1.807, 2.05) is 18.2 Å². The number of ether oxygens (including phenoxy) is 1. The van der Waals surface area contributed by atoms with E-state index >= 15 is 0 Å². The fraction of sp³-hybridized carbons (Fsp3) is 0.529. The molecule has 0 unspecified atom stereocenters. The number of rotatable bonds is 3. The molecule has 0 amide bonds. The number of nitrogens with zero attached hydrogens (tertiary/aromatic N) is 4. The Morgan fingerprint density at radius 3 is 2.50 bits per heavy atom. The summed E-state index contributed by atoms with van der Waals surface area (Å²) < 4.78 is 33.9. The van der Waals surface area contributed by atoms with Gasteiger partial charge in [-0.2, -0.15) is 17.0 Å². The second-order valence-corrected chi connectivity index (χ2v) is 8.99. The van der Waals surface area contributed by atoms with Gasteiger partial charge in [-0.25, -0.2) is 9.97 Å². The van der Waals surface area contributed by atoms with Crippen LogP contribution in [0.4, 0.5) is 0 Å². The van der Waals surface area contributed by atoms with Crippen molar-refractivity contribution in [2.24, 2.45) is 0 Å². The fourth-order valence-corrected chi connectivity index (χ4v) is 5.32. The van der Waals surface area contributed by atoms with Crippen molar-refractivity contribution in [2.75, 3.05) is 39.4 Å². The summed E-state index contributed by atoms with van der Waals surface area (Å²) in [5, 5.41) is 1.50. The first-order valence-corrected chi connectivity index (χ1v) is 10.6. The van der Waals surface area contributed by atoms with Crippen molar-refractivity contribution in [2.45, 2.75) is 18.8 Å². The number of halogens is 1. The van der Waals surface area contributed by atoms with Crippen molar-refractivity contribution >= 4 is 32.8 Å². The van der Waals surface area contributed by atoms with Gasteiger partial charge in [0.25, 0.3) is 10.2 Å². The Morgan fingerprint density at radius 2 is 1.77 bits per heavy atom. The predicted molar refractivity (Wildman–Crippen MR) is 99.4 cm³/mol. The van der Waals surface area contributed by atoms with Crippen LogP contribution >= 0.6 is 11.6 Å². The first-order chi connectivity index (χ1) is 12.5. The molecule has 2 aliphatic heterocycles. The molecule has 0 N–H and O–H groups in total. The molecule has 140 valence electrons. The molecule has 4 heterocycles. The Balaban J connectivity index is 1.45. The highest BCUT2D eigenvalue weighted by Crippen LogP contribution is 2.30. The van der Waals surface area contributed by atoms with E-state index in [2.05, 4.69) is 9.97 Å². The van der Waals surface area contributed by atoms with Gasteiger partial charge in [-0.3, -0.25) is 0 Å². The summed E-state index contributed by atoms with van der Waals surface area (Å²) in [6.45, 7) is 2.82. The zero-order valence-corrected chi connectivity index (χ0v) is 15.9. The van der Waals surface area contributed by atoms with Crippen molar-refractivity contribution in [3.05, 3.63) is 35.1 Å². The van der Waals surface area contributed by atoms with Crippen LogP contribution in [0.3, 0.4) is 0 Å². The molecule has 7 nitrogen and oxygen atoms in total. The van der Waals surface area contributed by atoms with Crippen LogP contribution < -0.4 is 0 Å². The molecule has 2 saturated heterocycles. The van der Waals surface area contributed by atoms with E-state index in [-0.39, 0.29) is 5.92 Å². The summed E-state index contributed by atoms with van der Waals surface area (Å²) in [6.07, 6.45) is 3.11. The van der Waals surface area contributed by atoms with Crippen LogP contribution in [0.25, 0.3) is 11.0 Å². The average Bonchev–Trinajstić information content (AvgIpc) is 2.68. The Labute approximate surface area is 158 Å². The monoisotopic (exact) mass is 396 g/mol. The zero-order valence-electron chi connectivity index (χ0n) is 14.3. The molecule has 0 saturated carbocycles. The molecule has 0 radical (unpaired) electrons. The van der Waals surface area contributed by atoms with E-state index in [0.717, 1.165) is 23.9 Å². The molecule has 2 aromatic heterocycles. The quantitative estimate of drug-likeness (QED) is 0.793. The smallest absolute Gasteiger partial charge is 0.282 e. The van der Waals surface area contributed by atoms with Crippen molar-refractivity contribution < 1.29 is 13.2 Å². The average molecular weight is 397 g/mol. The Bertz CT molecular complexity index is 894. The third-order valence-corrected chi connectivity index (χ3v) is 7.27. The van der Waals surface area contributed by atoms with Crippen LogP contribution in [0.1, 0.15) is 24.5 Å². The van der Waals surface area contributed by atoms with E-state index in [1.165, 1.54) is 4.31 Å². The van der Waals surface area contributed by atoms with E-state index in [4.69, 9.17) is 16.3 Å². The summed E-state index contributed by atoms with van der Waals surface area (Å²) in [6, 6.07) is 5.82. The van der Waals surface area contributed by atoms with Crippen LogP contribution in [0, 0.1) is 0 Å². The molecule has 0 spiro atoms. The Morgan fingerprint density at radius 1 is 1.08 bits per heavy atom. The lowest BCUT2D eigenvalue weighted by molar-refractivity contribution is 0.0696. The molecule has 2 aliphatic rings. The first kappa shape index (κ1) is 18.1. The van der Waals surface area contributed by atoms with Crippen LogP contribution in [0.5, 0.6) is 0 Å². The lowest BCUT2D eigenvalue weighted by Crippen LogP contribution is -2.50. The molecule has 2 aromatic rings. The van der Waals surface area contributed by atoms with Crippen LogP contribution in [-0.4, -0.2) is 66.4 Å². The standard InChI is InChI=1S/C17H21ClN4O3S/c18-15-11-14-1-2-16(20-17(14)19-12-15)13-3-5-21(6-4-13)26(23,24)22-7-9-25-10-8-22/h1-2,11-13H,3-10H2. The maximum Gasteiger partial charge on any atom is 0.282 e. The molecule has 4 rings (SSSR count). The van der Waals surface area contributed by atoms with Gasteiger partial charge in [0.15, 0.2) is 5.65 Å². The third-order valence-electron chi connectivity index (χ3n) is 5.03. The van der Waals surface area contributed by atoms with Crippen molar-refractivity contribution in [1.82, 2.24) is 18.6 Å². The van der Waals surface area contributed by atoms with Crippen molar-refractivity contribution in [3.63, 3.8) is 0 Å². The second-order valence-electron chi connectivity index (χ2n) is 6.63. The van der Waals surface area contributed by atoms with Crippen LogP contribution in [0.2, 0.25) is 5.02 Å². The molecular formula is C17H21ClN4O3S. The number of hydrogen-bond acceptors (Lipinski definition) is 5. The minimum absolute atomic E-state index is 0.244. The summed E-state index contributed by atoms with van der Waals surface area (Å²) in [5.74, 6) is 0.244. The largest absolute Gasteiger partial charge is 0.379 e. The summed E-state index contributed by atoms with van der Waals surface area (Å²) >= 11 is 5.97. The number of hydrogen-bond donors (Lipinski definition) is 0.